The minimum absolute atomic E-state index is 0.0309. The summed E-state index contributed by atoms with van der Waals surface area (Å²) in [6.45, 7) is 9.56. The quantitative estimate of drug-likeness (QED) is 0.0337. The third-order valence-corrected chi connectivity index (χ3v) is 11.4. The predicted molar refractivity (Wildman–Crippen MR) is 265 cm³/mol. The second-order valence-corrected chi connectivity index (χ2v) is 19.0. The molecule has 0 bridgehead atoms. The molecule has 27 heteroatoms. The molecule has 2 rings (SSSR count). The zero-order valence-electron chi connectivity index (χ0n) is 42.8. The summed E-state index contributed by atoms with van der Waals surface area (Å²) in [5.74, 6) is -12.3. The van der Waals surface area contributed by atoms with Crippen molar-refractivity contribution in [3.63, 3.8) is 0 Å². The SMILES string of the molecule is CC(C)C[C@H](NC(=O)[C@@H](NC(=O)CNC(=O)[C@H](CCC(N)=O)NC(=O)CNC(=O)[C@@H](N)Cc1c[nH]c2ccccc12)[C@@H](C)O)C(=O)N[C@H](C(=O)N[C@H](C(=O)N[C@H](C(=O)N[C@@H](CO)C(=O)O)C(C)C)[C@@H](C)O)C(C)C. The molecule has 2 aromatic rings. The molecule has 1 aromatic heterocycles. The standard InChI is InChI=1S/C47H74N12O15/c1-21(2)15-31(42(68)57-37(23(5)6)44(70)59-39(25(8)62)46(72)58-36(22(3)4)43(69)55-32(20-60)47(73)74)54-45(71)38(24(7)61)56-35(65)19-52-41(67)30(13-14-33(49)63)53-34(64)18-51-40(66)28(48)16-26-17-50-29-12-10-9-11-27(26)29/h9-12,17,21-25,28,30-32,36-39,50,60-62H,13-16,18-20,48H2,1-8H3,(H2,49,63)(H,51,66)(H,52,67)(H,53,64)(H,54,71)(H,55,69)(H,56,65)(H,57,68)(H,58,72)(H,59,70)(H,73,74)/t24-,25-,28+,30+,31+,32+,36+,37+,38+,39+/m1/s1. The van der Waals surface area contributed by atoms with Crippen molar-refractivity contribution >= 4 is 75.9 Å². The molecule has 0 aliphatic heterocycles. The molecule has 0 radical (unpaired) electrons. The number of hydrogen-bond donors (Lipinski definition) is 16. The van der Waals surface area contributed by atoms with Crippen molar-refractivity contribution in [1.82, 2.24) is 52.8 Å². The van der Waals surface area contributed by atoms with Crippen molar-refractivity contribution in [2.75, 3.05) is 19.7 Å². The van der Waals surface area contributed by atoms with E-state index in [-0.39, 0.29) is 31.6 Å². The number of carbonyl (C=O) groups is 11. The van der Waals surface area contributed by atoms with E-state index >= 15 is 0 Å². The van der Waals surface area contributed by atoms with Gasteiger partial charge in [-0.3, -0.25) is 47.9 Å². The monoisotopic (exact) mass is 1050 g/mol. The lowest BCUT2D eigenvalue weighted by Gasteiger charge is -2.30. The van der Waals surface area contributed by atoms with Crippen LogP contribution < -0.4 is 59.3 Å². The number of para-hydroxylation sites is 1. The van der Waals surface area contributed by atoms with E-state index < -0.39 is 157 Å². The number of carboxylic acids is 1. The van der Waals surface area contributed by atoms with Crippen LogP contribution in [0.1, 0.15) is 80.2 Å². The molecule has 1 heterocycles. The van der Waals surface area contributed by atoms with Gasteiger partial charge in [-0.05, 0) is 62.5 Å². The van der Waals surface area contributed by atoms with Crippen LogP contribution in [0.2, 0.25) is 0 Å². The van der Waals surface area contributed by atoms with Crippen molar-refractivity contribution in [2.24, 2.45) is 29.2 Å². The first-order valence-corrected chi connectivity index (χ1v) is 24.0. The molecule has 74 heavy (non-hydrogen) atoms. The van der Waals surface area contributed by atoms with E-state index in [9.17, 15) is 73.2 Å². The number of benzene rings is 1. The highest BCUT2D eigenvalue weighted by Gasteiger charge is 2.37. The number of primary amides is 1. The number of aliphatic hydroxyl groups excluding tert-OH is 3. The first-order valence-electron chi connectivity index (χ1n) is 24.0. The molecular weight excluding hydrogens is 973 g/mol. The summed E-state index contributed by atoms with van der Waals surface area (Å²) in [5, 5.41) is 61.7. The maximum Gasteiger partial charge on any atom is 0.328 e. The first-order chi connectivity index (χ1) is 34.6. The molecule has 10 amide bonds. The number of nitrogens with one attached hydrogen (secondary N) is 10. The second-order valence-electron chi connectivity index (χ2n) is 19.0. The number of hydrogen-bond acceptors (Lipinski definition) is 15. The van der Waals surface area contributed by atoms with Crippen LogP contribution in [0.15, 0.2) is 30.5 Å². The number of carboxylic acid groups (broad SMARTS) is 1. The highest BCUT2D eigenvalue weighted by Crippen LogP contribution is 2.19. The Kier molecular flexibility index (Phi) is 25.6. The van der Waals surface area contributed by atoms with Gasteiger partial charge in [-0.25, -0.2) is 4.79 Å². The van der Waals surface area contributed by atoms with E-state index in [0.717, 1.165) is 23.4 Å². The molecule has 0 aliphatic rings. The van der Waals surface area contributed by atoms with Crippen molar-refractivity contribution in [2.45, 2.75) is 142 Å². The van der Waals surface area contributed by atoms with E-state index in [1.54, 1.807) is 33.9 Å². The van der Waals surface area contributed by atoms with Gasteiger partial charge in [-0.15, -0.1) is 0 Å². The molecule has 0 fully saturated rings. The van der Waals surface area contributed by atoms with E-state index in [1.807, 2.05) is 24.3 Å². The fourth-order valence-corrected chi connectivity index (χ4v) is 7.28. The highest BCUT2D eigenvalue weighted by atomic mass is 16.4. The van der Waals surface area contributed by atoms with Gasteiger partial charge in [-0.2, -0.15) is 0 Å². The summed E-state index contributed by atoms with van der Waals surface area (Å²) in [6, 6.07) is -4.35. The van der Waals surface area contributed by atoms with Gasteiger partial charge in [0.2, 0.25) is 59.1 Å². The third-order valence-electron chi connectivity index (χ3n) is 11.4. The van der Waals surface area contributed by atoms with Gasteiger partial charge < -0.3 is 84.7 Å². The predicted octanol–water partition coefficient (Wildman–Crippen LogP) is -4.87. The Labute approximate surface area is 427 Å². The summed E-state index contributed by atoms with van der Waals surface area (Å²) < 4.78 is 0. The average Bonchev–Trinajstić information content (AvgIpc) is 3.72. The van der Waals surface area contributed by atoms with Crippen molar-refractivity contribution in [3.05, 3.63) is 36.0 Å². The van der Waals surface area contributed by atoms with Crippen LogP contribution in [0.5, 0.6) is 0 Å². The summed E-state index contributed by atoms with van der Waals surface area (Å²) >= 11 is 0. The van der Waals surface area contributed by atoms with Crippen molar-refractivity contribution in [3.8, 4) is 0 Å². The van der Waals surface area contributed by atoms with E-state index in [4.69, 9.17) is 11.5 Å². The lowest BCUT2D eigenvalue weighted by Crippen LogP contribution is -2.63. The smallest absolute Gasteiger partial charge is 0.328 e. The third kappa shape index (κ3) is 20.3. The van der Waals surface area contributed by atoms with Gasteiger partial charge in [0.1, 0.15) is 42.3 Å². The van der Waals surface area contributed by atoms with Crippen LogP contribution in [0.4, 0.5) is 0 Å². The number of aromatic nitrogens is 1. The number of rotatable bonds is 31. The number of H-pyrrole nitrogens is 1. The molecule has 0 saturated carbocycles. The Bertz CT molecular complexity index is 2300. The second kappa shape index (κ2) is 30.1. The van der Waals surface area contributed by atoms with Gasteiger partial charge >= 0.3 is 5.97 Å². The fourth-order valence-electron chi connectivity index (χ4n) is 7.28. The van der Waals surface area contributed by atoms with Crippen LogP contribution in [-0.2, 0) is 59.2 Å². The van der Waals surface area contributed by atoms with Gasteiger partial charge in [-0.1, -0.05) is 59.7 Å². The number of amides is 10. The lowest BCUT2D eigenvalue weighted by atomic mass is 9.98. The van der Waals surface area contributed by atoms with E-state index in [1.165, 1.54) is 20.8 Å². The highest BCUT2D eigenvalue weighted by molar-refractivity contribution is 5.98. The Morgan fingerprint density at radius 1 is 0.581 bits per heavy atom. The average molecular weight is 1050 g/mol. The molecule has 0 aliphatic carbocycles. The zero-order chi connectivity index (χ0) is 56.1. The molecule has 18 N–H and O–H groups in total. The molecule has 0 spiro atoms. The maximum atomic E-state index is 13.9. The molecular formula is C47H74N12O15. The zero-order valence-corrected chi connectivity index (χ0v) is 42.8. The van der Waals surface area contributed by atoms with Gasteiger partial charge in [0.25, 0.3) is 0 Å². The Morgan fingerprint density at radius 3 is 1.58 bits per heavy atom. The number of aliphatic carboxylic acids is 1. The number of nitrogens with two attached hydrogens (primary N) is 2. The van der Waals surface area contributed by atoms with E-state index in [0.29, 0.717) is 0 Å². The molecule has 10 atom stereocenters. The normalized spacial score (nSPS) is 15.4. The summed E-state index contributed by atoms with van der Waals surface area (Å²) in [7, 11) is 0. The van der Waals surface area contributed by atoms with Crippen LogP contribution in [0.3, 0.4) is 0 Å². The number of carbonyl (C=O) groups excluding carboxylic acids is 10. The van der Waals surface area contributed by atoms with Gasteiger partial charge in [0.05, 0.1) is 37.9 Å². The summed E-state index contributed by atoms with van der Waals surface area (Å²) in [5.41, 5.74) is 13.0. The lowest BCUT2D eigenvalue weighted by molar-refractivity contribution is -0.144. The fraction of sp³-hybridized carbons (Fsp3) is 0.596. The van der Waals surface area contributed by atoms with Crippen LogP contribution in [0.25, 0.3) is 10.9 Å². The topological polar surface area (TPSA) is 445 Å². The largest absolute Gasteiger partial charge is 0.480 e. The van der Waals surface area contributed by atoms with Crippen molar-refractivity contribution < 1.29 is 73.2 Å². The number of aromatic amines is 1. The molecule has 0 saturated heterocycles. The first kappa shape index (κ1) is 62.9. The molecule has 0 unspecified atom stereocenters. The van der Waals surface area contributed by atoms with Crippen LogP contribution in [-0.4, -0.2) is 171 Å². The molecule has 27 nitrogen and oxygen atoms in total. The molecule has 412 valence electrons. The van der Waals surface area contributed by atoms with Crippen LogP contribution >= 0.6 is 0 Å². The van der Waals surface area contributed by atoms with Crippen molar-refractivity contribution in [1.29, 1.82) is 0 Å². The Hall–Kier alpha value is -7.23. The Balaban J connectivity index is 2.11. The Morgan fingerprint density at radius 2 is 1.05 bits per heavy atom. The number of fused-ring (bicyclic) bond motifs is 1. The van der Waals surface area contributed by atoms with Crippen LogP contribution in [0, 0.1) is 17.8 Å². The number of aliphatic hydroxyl groups is 3. The molecule has 1 aromatic carbocycles. The summed E-state index contributed by atoms with van der Waals surface area (Å²) in [4.78, 5) is 146. The van der Waals surface area contributed by atoms with E-state index in [2.05, 4.69) is 52.8 Å². The summed E-state index contributed by atoms with van der Waals surface area (Å²) in [6.07, 6.45) is -1.99. The minimum atomic E-state index is -1.72. The van der Waals surface area contributed by atoms with Gasteiger partial charge in [0, 0.05) is 23.5 Å². The van der Waals surface area contributed by atoms with Gasteiger partial charge in [0.15, 0.2) is 0 Å². The maximum absolute atomic E-state index is 13.9. The minimum Gasteiger partial charge on any atom is -0.480 e.